The molecule has 0 saturated heterocycles. The molecule has 1 aromatic rings. The number of rotatable bonds is 7. The van der Waals surface area contributed by atoms with Gasteiger partial charge in [0.1, 0.15) is 5.41 Å². The number of amides is 2. The van der Waals surface area contributed by atoms with Crippen molar-refractivity contribution < 1.29 is 19.6 Å². The summed E-state index contributed by atoms with van der Waals surface area (Å²) in [6.07, 6.45) is 7.31. The molecule has 2 rings (SSSR count). The van der Waals surface area contributed by atoms with E-state index in [1.165, 1.54) is 0 Å². The molecule has 0 aromatic heterocycles. The van der Waals surface area contributed by atoms with Crippen molar-refractivity contribution in [2.24, 2.45) is 5.41 Å². The summed E-state index contributed by atoms with van der Waals surface area (Å²) in [4.78, 5) is 25.6. The highest BCUT2D eigenvalue weighted by Gasteiger charge is 2.46. The third-order valence-electron chi connectivity index (χ3n) is 5.10. The zero-order valence-electron chi connectivity index (χ0n) is 16.0. The Kier molecular flexibility index (Phi) is 6.62. The van der Waals surface area contributed by atoms with Gasteiger partial charge in [-0.2, -0.15) is 0 Å². The lowest BCUT2D eigenvalue weighted by atomic mass is 9.59. The van der Waals surface area contributed by atoms with Crippen LogP contribution in [-0.2, 0) is 16.1 Å². The first-order valence-corrected chi connectivity index (χ1v) is 9.10. The fourth-order valence-corrected chi connectivity index (χ4v) is 3.10. The van der Waals surface area contributed by atoms with Crippen molar-refractivity contribution in [2.75, 3.05) is 0 Å². The van der Waals surface area contributed by atoms with E-state index >= 15 is 0 Å². The van der Waals surface area contributed by atoms with E-state index in [4.69, 9.17) is 0 Å². The van der Waals surface area contributed by atoms with Gasteiger partial charge in [0.2, 0.25) is 11.8 Å². The smallest absolute Gasteiger partial charge is 0.427 e. The number of benzene rings is 1. The maximum Gasteiger partial charge on any atom is 0.461 e. The minimum atomic E-state index is -1.62. The summed E-state index contributed by atoms with van der Waals surface area (Å²) in [6, 6.07) is 9.45. The highest BCUT2D eigenvalue weighted by Crippen LogP contribution is 2.35. The largest absolute Gasteiger partial charge is 0.461 e. The molecule has 0 aliphatic heterocycles. The van der Waals surface area contributed by atoms with Gasteiger partial charge < -0.3 is 20.7 Å². The fraction of sp³-hybridized carbons (Fsp3) is 0.400. The van der Waals surface area contributed by atoms with Crippen molar-refractivity contribution in [2.45, 2.75) is 45.1 Å². The average molecular weight is 370 g/mol. The predicted molar refractivity (Wildman–Crippen MR) is 105 cm³/mol. The van der Waals surface area contributed by atoms with Crippen LogP contribution in [0.3, 0.4) is 0 Å². The van der Waals surface area contributed by atoms with Gasteiger partial charge in [-0.1, -0.05) is 61.6 Å². The van der Waals surface area contributed by atoms with Crippen LogP contribution in [-0.4, -0.2) is 34.5 Å². The van der Waals surface area contributed by atoms with E-state index in [1.54, 1.807) is 38.2 Å². The molecule has 6 nitrogen and oxygen atoms in total. The van der Waals surface area contributed by atoms with Crippen LogP contribution in [0.5, 0.6) is 0 Å². The summed E-state index contributed by atoms with van der Waals surface area (Å²) in [7, 11) is -1.62. The van der Waals surface area contributed by atoms with Crippen LogP contribution in [0.15, 0.2) is 54.6 Å². The highest BCUT2D eigenvalue weighted by molar-refractivity contribution is 6.44. The van der Waals surface area contributed by atoms with Crippen LogP contribution >= 0.6 is 0 Å². The maximum absolute atomic E-state index is 12.9. The quantitative estimate of drug-likeness (QED) is 0.433. The minimum absolute atomic E-state index is 0.329. The number of allylic oxidation sites excluding steroid dienone is 2. The van der Waals surface area contributed by atoms with Crippen molar-refractivity contribution in [3.05, 3.63) is 60.2 Å². The van der Waals surface area contributed by atoms with Crippen LogP contribution < -0.4 is 10.6 Å². The topological polar surface area (TPSA) is 98.7 Å². The molecule has 1 aliphatic carbocycles. The first-order valence-electron chi connectivity index (χ1n) is 9.10. The summed E-state index contributed by atoms with van der Waals surface area (Å²) in [6.45, 7) is 5.29. The standard InChI is InChI=1S/C20H27BN2O4/c1-4-20(13-9-8-12-16(20)21(26)27)23-18(25)19(2,3)17(24)22-14-15-10-6-5-7-11-15/h5-13,16,26-27H,4,14H2,1-3H3,(H,22,24)(H,23,25)/t16?,20-/m0/s1. The van der Waals surface area contributed by atoms with Gasteiger partial charge in [0.15, 0.2) is 0 Å². The number of nitrogens with one attached hydrogen (secondary N) is 2. The normalized spacial score (nSPS) is 21.6. The van der Waals surface area contributed by atoms with Gasteiger partial charge in [0.05, 0.1) is 5.54 Å². The van der Waals surface area contributed by atoms with E-state index < -0.39 is 35.7 Å². The van der Waals surface area contributed by atoms with E-state index in [-0.39, 0.29) is 0 Å². The summed E-state index contributed by atoms with van der Waals surface area (Å²) in [5.41, 5.74) is -1.34. The van der Waals surface area contributed by atoms with Crippen LogP contribution in [0.4, 0.5) is 0 Å². The minimum Gasteiger partial charge on any atom is -0.427 e. The van der Waals surface area contributed by atoms with Gasteiger partial charge in [-0.05, 0) is 25.8 Å². The zero-order chi connectivity index (χ0) is 20.1. The zero-order valence-corrected chi connectivity index (χ0v) is 16.0. The number of hydrogen-bond acceptors (Lipinski definition) is 4. The molecule has 0 saturated carbocycles. The third-order valence-corrected chi connectivity index (χ3v) is 5.10. The third kappa shape index (κ3) is 4.67. The van der Waals surface area contributed by atoms with Crippen LogP contribution in [0.1, 0.15) is 32.8 Å². The van der Waals surface area contributed by atoms with Gasteiger partial charge in [0, 0.05) is 12.4 Å². The van der Waals surface area contributed by atoms with Crippen LogP contribution in [0.2, 0.25) is 5.82 Å². The number of hydrogen-bond donors (Lipinski definition) is 4. The van der Waals surface area contributed by atoms with Crippen LogP contribution in [0, 0.1) is 5.41 Å². The Morgan fingerprint density at radius 2 is 1.81 bits per heavy atom. The van der Waals surface area contributed by atoms with Crippen molar-refractivity contribution >= 4 is 18.9 Å². The molecule has 27 heavy (non-hydrogen) atoms. The number of carbonyl (C=O) groups excluding carboxylic acids is 2. The Bertz CT molecular complexity index is 731. The fourth-order valence-electron chi connectivity index (χ4n) is 3.10. The Balaban J connectivity index is 2.10. The Hall–Kier alpha value is -2.38. The van der Waals surface area contributed by atoms with Crippen molar-refractivity contribution in [1.29, 1.82) is 0 Å². The second kappa shape index (κ2) is 8.54. The molecule has 1 aliphatic rings. The predicted octanol–water partition coefficient (Wildman–Crippen LogP) is 1.56. The van der Waals surface area contributed by atoms with Gasteiger partial charge in [-0.3, -0.25) is 9.59 Å². The lowest BCUT2D eigenvalue weighted by molar-refractivity contribution is -0.142. The average Bonchev–Trinajstić information content (AvgIpc) is 2.66. The molecule has 0 heterocycles. The second-order valence-corrected chi connectivity index (χ2v) is 7.32. The van der Waals surface area contributed by atoms with E-state index in [2.05, 4.69) is 10.6 Å². The lowest BCUT2D eigenvalue weighted by Crippen LogP contribution is -2.59. The van der Waals surface area contributed by atoms with E-state index in [1.807, 2.05) is 37.3 Å². The molecule has 1 unspecified atom stereocenters. The summed E-state index contributed by atoms with van der Waals surface area (Å²) in [5.74, 6) is -1.56. The van der Waals surface area contributed by atoms with Crippen molar-refractivity contribution in [3.63, 3.8) is 0 Å². The highest BCUT2D eigenvalue weighted by atomic mass is 16.4. The summed E-state index contributed by atoms with van der Waals surface area (Å²) < 4.78 is 0. The molecule has 7 heteroatoms. The van der Waals surface area contributed by atoms with Gasteiger partial charge in [0.25, 0.3) is 0 Å². The lowest BCUT2D eigenvalue weighted by Gasteiger charge is -2.40. The van der Waals surface area contributed by atoms with E-state index in [0.29, 0.717) is 13.0 Å². The van der Waals surface area contributed by atoms with E-state index in [9.17, 15) is 19.6 Å². The van der Waals surface area contributed by atoms with Crippen molar-refractivity contribution in [3.8, 4) is 0 Å². The van der Waals surface area contributed by atoms with Gasteiger partial charge in [-0.15, -0.1) is 0 Å². The Morgan fingerprint density at radius 1 is 1.15 bits per heavy atom. The molecular formula is C20H27BN2O4. The molecule has 0 radical (unpaired) electrons. The molecule has 2 atom stereocenters. The molecule has 0 bridgehead atoms. The molecule has 144 valence electrons. The second-order valence-electron chi connectivity index (χ2n) is 7.32. The number of carbonyl (C=O) groups is 2. The first kappa shape index (κ1) is 20.9. The molecule has 2 amide bonds. The van der Waals surface area contributed by atoms with Crippen molar-refractivity contribution in [1.82, 2.24) is 10.6 Å². The SMILES string of the molecule is CC[C@]1(NC(=O)C(C)(C)C(=O)NCc2ccccc2)C=CC=CC1B(O)O. The summed E-state index contributed by atoms with van der Waals surface area (Å²) >= 11 is 0. The Labute approximate surface area is 160 Å². The van der Waals surface area contributed by atoms with Crippen LogP contribution in [0.25, 0.3) is 0 Å². The van der Waals surface area contributed by atoms with Gasteiger partial charge in [-0.25, -0.2) is 0 Å². The maximum atomic E-state index is 12.9. The monoisotopic (exact) mass is 370 g/mol. The molecule has 4 N–H and O–H groups in total. The first-order chi connectivity index (χ1) is 12.7. The van der Waals surface area contributed by atoms with E-state index in [0.717, 1.165) is 5.56 Å². The van der Waals surface area contributed by atoms with Gasteiger partial charge >= 0.3 is 7.12 Å². The summed E-state index contributed by atoms with van der Waals surface area (Å²) in [5, 5.41) is 25.1. The molecule has 1 aromatic carbocycles. The molecule has 0 spiro atoms. The molecule has 0 fully saturated rings. The Morgan fingerprint density at radius 3 is 2.41 bits per heavy atom. The molecular weight excluding hydrogens is 343 g/mol.